The first-order valence-electron chi connectivity index (χ1n) is 4.84. The van der Waals surface area contributed by atoms with E-state index in [2.05, 4.69) is 0 Å². The van der Waals surface area contributed by atoms with Crippen LogP contribution in [0.2, 0.25) is 0 Å². The molecule has 0 bridgehead atoms. The molecule has 2 nitrogen and oxygen atoms in total. The topological polar surface area (TPSA) is 26.3 Å². The molecular formula is C13H12O2. The van der Waals surface area contributed by atoms with Gasteiger partial charge in [0.1, 0.15) is 5.75 Å². The van der Waals surface area contributed by atoms with Gasteiger partial charge in [-0.3, -0.25) is 4.79 Å². The van der Waals surface area contributed by atoms with E-state index in [1.54, 1.807) is 31.4 Å². The molecule has 2 heteroatoms. The van der Waals surface area contributed by atoms with Crippen molar-refractivity contribution in [3.8, 4) is 5.75 Å². The zero-order chi connectivity index (χ0) is 10.7. The summed E-state index contributed by atoms with van der Waals surface area (Å²) in [6.45, 7) is 0. The van der Waals surface area contributed by atoms with Crippen molar-refractivity contribution in [1.29, 1.82) is 0 Å². The van der Waals surface area contributed by atoms with Crippen molar-refractivity contribution in [2.75, 3.05) is 7.11 Å². The Hall–Kier alpha value is -1.83. The van der Waals surface area contributed by atoms with Crippen LogP contribution in [0.25, 0.3) is 0 Å². The summed E-state index contributed by atoms with van der Waals surface area (Å²) in [5.41, 5.74) is 0.719. The molecule has 1 aliphatic rings. The summed E-state index contributed by atoms with van der Waals surface area (Å²) in [7, 11) is 1.61. The standard InChI is InChI=1S/C13H12O2/c1-15-12-8-6-11(7-9-12)13(14)10-4-2-3-5-10/h2-10H,1H3. The minimum atomic E-state index is -0.0987. The molecule has 0 amide bonds. The van der Waals surface area contributed by atoms with E-state index >= 15 is 0 Å². The number of hydrogen-bond donors (Lipinski definition) is 0. The highest BCUT2D eigenvalue weighted by atomic mass is 16.5. The first-order valence-corrected chi connectivity index (χ1v) is 4.84. The molecule has 0 aliphatic heterocycles. The Morgan fingerprint density at radius 1 is 1.13 bits per heavy atom. The minimum absolute atomic E-state index is 0.0987. The fraction of sp³-hybridized carbons (Fsp3) is 0.154. The van der Waals surface area contributed by atoms with Crippen molar-refractivity contribution in [3.05, 3.63) is 54.1 Å². The van der Waals surface area contributed by atoms with Gasteiger partial charge in [0.2, 0.25) is 0 Å². The van der Waals surface area contributed by atoms with E-state index in [-0.39, 0.29) is 11.7 Å². The van der Waals surface area contributed by atoms with E-state index in [1.165, 1.54) is 0 Å². The Balaban J connectivity index is 2.18. The summed E-state index contributed by atoms with van der Waals surface area (Å²) in [6.07, 6.45) is 7.58. The van der Waals surface area contributed by atoms with Gasteiger partial charge in [-0.1, -0.05) is 24.3 Å². The Bertz CT molecular complexity index is 401. The van der Waals surface area contributed by atoms with Crippen molar-refractivity contribution in [3.63, 3.8) is 0 Å². The van der Waals surface area contributed by atoms with E-state index in [1.807, 2.05) is 24.3 Å². The molecule has 0 saturated heterocycles. The van der Waals surface area contributed by atoms with E-state index in [4.69, 9.17) is 4.74 Å². The van der Waals surface area contributed by atoms with Crippen LogP contribution in [0.3, 0.4) is 0 Å². The Kier molecular flexibility index (Phi) is 2.68. The minimum Gasteiger partial charge on any atom is -0.497 e. The quantitative estimate of drug-likeness (QED) is 0.701. The van der Waals surface area contributed by atoms with Crippen molar-refractivity contribution in [1.82, 2.24) is 0 Å². The van der Waals surface area contributed by atoms with Gasteiger partial charge in [-0.2, -0.15) is 0 Å². The smallest absolute Gasteiger partial charge is 0.173 e. The normalized spacial score (nSPS) is 14.5. The molecule has 0 unspecified atom stereocenters. The van der Waals surface area contributed by atoms with Gasteiger partial charge >= 0.3 is 0 Å². The van der Waals surface area contributed by atoms with Crippen LogP contribution in [0.1, 0.15) is 10.4 Å². The fourth-order valence-electron chi connectivity index (χ4n) is 1.55. The van der Waals surface area contributed by atoms with Crippen LogP contribution in [0, 0.1) is 5.92 Å². The fourth-order valence-corrected chi connectivity index (χ4v) is 1.55. The van der Waals surface area contributed by atoms with Gasteiger partial charge in [0.25, 0.3) is 0 Å². The number of carbonyl (C=O) groups is 1. The lowest BCUT2D eigenvalue weighted by Crippen LogP contribution is -2.08. The maximum absolute atomic E-state index is 11.9. The number of ketones is 1. The molecule has 15 heavy (non-hydrogen) atoms. The second kappa shape index (κ2) is 4.13. The molecule has 0 heterocycles. The molecule has 0 aromatic heterocycles. The predicted molar refractivity (Wildman–Crippen MR) is 59.1 cm³/mol. The Labute approximate surface area is 88.9 Å². The largest absolute Gasteiger partial charge is 0.497 e. The molecule has 0 radical (unpaired) electrons. The van der Waals surface area contributed by atoms with Crippen LogP contribution in [0.5, 0.6) is 5.75 Å². The van der Waals surface area contributed by atoms with Crippen molar-refractivity contribution >= 4 is 5.78 Å². The molecule has 0 spiro atoms. The van der Waals surface area contributed by atoms with E-state index in [9.17, 15) is 4.79 Å². The van der Waals surface area contributed by atoms with Gasteiger partial charge in [0.05, 0.1) is 13.0 Å². The molecule has 0 saturated carbocycles. The van der Waals surface area contributed by atoms with Crippen LogP contribution in [-0.2, 0) is 0 Å². The first-order chi connectivity index (χ1) is 7.31. The summed E-state index contributed by atoms with van der Waals surface area (Å²) in [6, 6.07) is 7.19. The summed E-state index contributed by atoms with van der Waals surface area (Å²) in [5.74, 6) is 0.796. The highest BCUT2D eigenvalue weighted by Crippen LogP contribution is 2.18. The van der Waals surface area contributed by atoms with E-state index in [0.29, 0.717) is 0 Å². The molecular weight excluding hydrogens is 188 g/mol. The second-order valence-corrected chi connectivity index (χ2v) is 3.39. The van der Waals surface area contributed by atoms with Gasteiger partial charge in [0.15, 0.2) is 5.78 Å². The predicted octanol–water partition coefficient (Wildman–Crippen LogP) is 2.62. The average molecular weight is 200 g/mol. The molecule has 2 rings (SSSR count). The lowest BCUT2D eigenvalue weighted by Gasteiger charge is -2.05. The zero-order valence-corrected chi connectivity index (χ0v) is 8.51. The molecule has 1 aliphatic carbocycles. The third kappa shape index (κ3) is 1.99. The summed E-state index contributed by atoms with van der Waals surface area (Å²) < 4.78 is 5.04. The number of Topliss-reactive ketones (excluding diaryl/α,β-unsaturated/α-hetero) is 1. The third-order valence-corrected chi connectivity index (χ3v) is 2.43. The maximum Gasteiger partial charge on any atom is 0.173 e. The van der Waals surface area contributed by atoms with Gasteiger partial charge in [-0.05, 0) is 24.3 Å². The average Bonchev–Trinajstić information content (AvgIpc) is 2.82. The number of benzene rings is 1. The van der Waals surface area contributed by atoms with Gasteiger partial charge in [0, 0.05) is 5.56 Å². The summed E-state index contributed by atoms with van der Waals surface area (Å²) in [4.78, 5) is 11.9. The van der Waals surface area contributed by atoms with Gasteiger partial charge in [-0.25, -0.2) is 0 Å². The highest BCUT2D eigenvalue weighted by molar-refractivity contribution is 6.00. The Morgan fingerprint density at radius 2 is 1.73 bits per heavy atom. The van der Waals surface area contributed by atoms with E-state index in [0.717, 1.165) is 11.3 Å². The van der Waals surface area contributed by atoms with Crippen molar-refractivity contribution in [2.24, 2.45) is 5.92 Å². The second-order valence-electron chi connectivity index (χ2n) is 3.39. The molecule has 1 aromatic rings. The molecule has 1 aromatic carbocycles. The van der Waals surface area contributed by atoms with E-state index < -0.39 is 0 Å². The third-order valence-electron chi connectivity index (χ3n) is 2.43. The van der Waals surface area contributed by atoms with Crippen LogP contribution in [0.15, 0.2) is 48.6 Å². The SMILES string of the molecule is COc1ccc(C(=O)C2C=CC=C2)cc1. The number of allylic oxidation sites excluding steroid dienone is 4. The molecule has 0 N–H and O–H groups in total. The number of rotatable bonds is 3. The van der Waals surface area contributed by atoms with Crippen LogP contribution in [0.4, 0.5) is 0 Å². The zero-order valence-electron chi connectivity index (χ0n) is 8.51. The number of hydrogen-bond acceptors (Lipinski definition) is 2. The van der Waals surface area contributed by atoms with Crippen LogP contribution >= 0.6 is 0 Å². The van der Waals surface area contributed by atoms with Crippen molar-refractivity contribution < 1.29 is 9.53 Å². The van der Waals surface area contributed by atoms with Crippen molar-refractivity contribution in [2.45, 2.75) is 0 Å². The Morgan fingerprint density at radius 3 is 2.27 bits per heavy atom. The van der Waals surface area contributed by atoms with Crippen LogP contribution < -0.4 is 4.74 Å². The monoisotopic (exact) mass is 200 g/mol. The van der Waals surface area contributed by atoms with Crippen LogP contribution in [-0.4, -0.2) is 12.9 Å². The molecule has 76 valence electrons. The molecule has 0 atom stereocenters. The van der Waals surface area contributed by atoms with Gasteiger partial charge in [-0.15, -0.1) is 0 Å². The lowest BCUT2D eigenvalue weighted by molar-refractivity contribution is 0.0966. The number of methoxy groups -OCH3 is 1. The maximum atomic E-state index is 11.9. The molecule has 0 fully saturated rings. The summed E-state index contributed by atoms with van der Waals surface area (Å²) in [5, 5.41) is 0. The summed E-state index contributed by atoms with van der Waals surface area (Å²) >= 11 is 0. The highest BCUT2D eigenvalue weighted by Gasteiger charge is 2.15. The number of carbonyl (C=O) groups excluding carboxylic acids is 1. The number of ether oxygens (including phenoxy) is 1. The first kappa shape index (κ1) is 9.71. The lowest BCUT2D eigenvalue weighted by atomic mass is 9.99. The van der Waals surface area contributed by atoms with Gasteiger partial charge < -0.3 is 4.74 Å².